The Bertz CT molecular complexity index is 207. The van der Waals surface area contributed by atoms with Crippen molar-refractivity contribution in [1.29, 1.82) is 0 Å². The van der Waals surface area contributed by atoms with Gasteiger partial charge in [-0.3, -0.25) is 4.90 Å². The first-order valence-corrected chi connectivity index (χ1v) is 7.22. The Balaban J connectivity index is 2.22. The van der Waals surface area contributed by atoms with Crippen molar-refractivity contribution in [2.75, 3.05) is 60.1 Å². The van der Waals surface area contributed by atoms with Gasteiger partial charge in [0, 0.05) is 33.3 Å². The molecule has 1 rings (SSSR count). The molecule has 102 valence electrons. The van der Waals surface area contributed by atoms with E-state index in [1.54, 1.807) is 7.11 Å². The molecule has 1 aliphatic heterocycles. The molecule has 0 aromatic rings. The second kappa shape index (κ2) is 8.43. The molecule has 17 heavy (non-hydrogen) atoms. The normalized spacial score (nSPS) is 24.2. The number of nitrogens with zero attached hydrogens (tertiary/aromatic N) is 2. The highest BCUT2D eigenvalue weighted by Gasteiger charge is 2.21. The first kappa shape index (κ1) is 15.4. The highest BCUT2D eigenvalue weighted by Crippen LogP contribution is 2.08. The summed E-state index contributed by atoms with van der Waals surface area (Å²) in [6.45, 7) is 9.04. The summed E-state index contributed by atoms with van der Waals surface area (Å²) in [4.78, 5) is 5.15. The Kier molecular flexibility index (Phi) is 7.62. The standard InChI is InChI=1S/C12H25BrN2O2/c1-4-15-5-6-17-12(9-15)8-14(2)7-11(13)10-16-3/h11-12H,4-10H2,1-3H3. The van der Waals surface area contributed by atoms with Crippen molar-refractivity contribution in [3.05, 3.63) is 0 Å². The van der Waals surface area contributed by atoms with Gasteiger partial charge >= 0.3 is 0 Å². The molecule has 0 radical (unpaired) electrons. The van der Waals surface area contributed by atoms with Crippen molar-refractivity contribution in [3.63, 3.8) is 0 Å². The number of likely N-dealkylation sites (N-methyl/N-ethyl adjacent to an activating group) is 2. The monoisotopic (exact) mass is 308 g/mol. The van der Waals surface area contributed by atoms with Crippen LogP contribution in [0.2, 0.25) is 0 Å². The Morgan fingerprint density at radius 3 is 3.00 bits per heavy atom. The summed E-state index contributed by atoms with van der Waals surface area (Å²) in [6.07, 6.45) is 0.343. The van der Waals surface area contributed by atoms with E-state index in [0.29, 0.717) is 10.9 Å². The van der Waals surface area contributed by atoms with Crippen molar-refractivity contribution < 1.29 is 9.47 Å². The summed E-state index contributed by atoms with van der Waals surface area (Å²) in [5, 5.41) is 0. The van der Waals surface area contributed by atoms with Gasteiger partial charge in [-0.2, -0.15) is 0 Å². The van der Waals surface area contributed by atoms with E-state index in [-0.39, 0.29) is 0 Å². The first-order chi connectivity index (χ1) is 8.15. The summed E-state index contributed by atoms with van der Waals surface area (Å²) in [6, 6.07) is 0. The minimum absolute atomic E-state index is 0.343. The molecule has 0 spiro atoms. The number of hydrogen-bond donors (Lipinski definition) is 0. The third-order valence-corrected chi connectivity index (χ3v) is 3.60. The van der Waals surface area contributed by atoms with Gasteiger partial charge in [0.2, 0.25) is 0 Å². The summed E-state index contributed by atoms with van der Waals surface area (Å²) >= 11 is 3.61. The van der Waals surface area contributed by atoms with Gasteiger partial charge in [-0.15, -0.1) is 0 Å². The van der Waals surface area contributed by atoms with Crippen LogP contribution in [-0.2, 0) is 9.47 Å². The molecule has 0 saturated carbocycles. The van der Waals surface area contributed by atoms with Crippen LogP contribution < -0.4 is 0 Å². The molecule has 0 N–H and O–H groups in total. The average Bonchev–Trinajstić information content (AvgIpc) is 2.29. The van der Waals surface area contributed by atoms with Crippen LogP contribution in [0.4, 0.5) is 0 Å². The maximum Gasteiger partial charge on any atom is 0.0829 e. The molecule has 2 unspecified atom stereocenters. The fraction of sp³-hybridized carbons (Fsp3) is 1.00. The zero-order valence-electron chi connectivity index (χ0n) is 11.2. The molecule has 1 heterocycles. The Morgan fingerprint density at radius 2 is 2.35 bits per heavy atom. The third kappa shape index (κ3) is 6.15. The maximum absolute atomic E-state index is 5.79. The Hall–Kier alpha value is 0.320. The van der Waals surface area contributed by atoms with Crippen molar-refractivity contribution >= 4 is 15.9 Å². The van der Waals surface area contributed by atoms with Gasteiger partial charge in [-0.25, -0.2) is 0 Å². The van der Waals surface area contributed by atoms with E-state index in [2.05, 4.69) is 39.7 Å². The number of alkyl halides is 1. The molecule has 1 aliphatic rings. The predicted molar refractivity (Wildman–Crippen MR) is 73.9 cm³/mol. The minimum Gasteiger partial charge on any atom is -0.383 e. The lowest BCUT2D eigenvalue weighted by atomic mass is 10.2. The minimum atomic E-state index is 0.343. The number of methoxy groups -OCH3 is 1. The topological polar surface area (TPSA) is 24.9 Å². The number of ether oxygens (including phenoxy) is 2. The van der Waals surface area contributed by atoms with Crippen LogP contribution >= 0.6 is 15.9 Å². The molecule has 0 aromatic carbocycles. The first-order valence-electron chi connectivity index (χ1n) is 6.31. The van der Waals surface area contributed by atoms with Crippen molar-refractivity contribution in [2.24, 2.45) is 0 Å². The average molecular weight is 309 g/mol. The molecular weight excluding hydrogens is 284 g/mol. The highest BCUT2D eigenvalue weighted by atomic mass is 79.9. The number of hydrogen-bond acceptors (Lipinski definition) is 4. The molecule has 4 nitrogen and oxygen atoms in total. The van der Waals surface area contributed by atoms with E-state index in [1.165, 1.54) is 0 Å². The maximum atomic E-state index is 5.79. The molecule has 5 heteroatoms. The summed E-state index contributed by atoms with van der Waals surface area (Å²) < 4.78 is 10.9. The summed E-state index contributed by atoms with van der Waals surface area (Å²) in [5.41, 5.74) is 0. The van der Waals surface area contributed by atoms with E-state index in [1.807, 2.05) is 0 Å². The number of rotatable bonds is 7. The van der Waals surface area contributed by atoms with Crippen molar-refractivity contribution in [2.45, 2.75) is 17.9 Å². The lowest BCUT2D eigenvalue weighted by Gasteiger charge is -2.34. The Labute approximate surface area is 113 Å². The van der Waals surface area contributed by atoms with Gasteiger partial charge in [-0.05, 0) is 13.6 Å². The number of morpholine rings is 1. The molecule has 0 aromatic heterocycles. The number of halogens is 1. The SMILES string of the molecule is CCN1CCOC(CN(C)CC(Br)COC)C1. The molecule has 0 aliphatic carbocycles. The molecule has 1 fully saturated rings. The van der Waals surface area contributed by atoms with Crippen LogP contribution in [0.15, 0.2) is 0 Å². The predicted octanol–water partition coefficient (Wildman–Crippen LogP) is 1.05. The van der Waals surface area contributed by atoms with Crippen LogP contribution in [0.1, 0.15) is 6.92 Å². The van der Waals surface area contributed by atoms with Gasteiger partial charge in [0.15, 0.2) is 0 Å². The van der Waals surface area contributed by atoms with E-state index in [0.717, 1.165) is 45.9 Å². The van der Waals surface area contributed by atoms with Gasteiger partial charge in [0.1, 0.15) is 0 Å². The smallest absolute Gasteiger partial charge is 0.0829 e. The highest BCUT2D eigenvalue weighted by molar-refractivity contribution is 9.09. The molecule has 2 atom stereocenters. The third-order valence-electron chi connectivity index (χ3n) is 3.04. The molecule has 0 amide bonds. The van der Waals surface area contributed by atoms with Crippen LogP contribution in [0.5, 0.6) is 0 Å². The van der Waals surface area contributed by atoms with Crippen LogP contribution in [0, 0.1) is 0 Å². The fourth-order valence-corrected chi connectivity index (χ4v) is 2.93. The Morgan fingerprint density at radius 1 is 1.59 bits per heavy atom. The van der Waals surface area contributed by atoms with Gasteiger partial charge in [0.25, 0.3) is 0 Å². The van der Waals surface area contributed by atoms with E-state index < -0.39 is 0 Å². The second-order valence-electron chi connectivity index (χ2n) is 4.66. The van der Waals surface area contributed by atoms with E-state index >= 15 is 0 Å². The largest absolute Gasteiger partial charge is 0.383 e. The molecule has 0 bridgehead atoms. The fourth-order valence-electron chi connectivity index (χ4n) is 2.17. The van der Waals surface area contributed by atoms with Gasteiger partial charge in [0.05, 0.1) is 24.1 Å². The van der Waals surface area contributed by atoms with Crippen molar-refractivity contribution in [3.8, 4) is 0 Å². The van der Waals surface area contributed by atoms with Crippen molar-refractivity contribution in [1.82, 2.24) is 9.80 Å². The van der Waals surface area contributed by atoms with Crippen LogP contribution in [0.3, 0.4) is 0 Å². The van der Waals surface area contributed by atoms with E-state index in [4.69, 9.17) is 9.47 Å². The summed E-state index contributed by atoms with van der Waals surface area (Å²) in [7, 11) is 3.87. The summed E-state index contributed by atoms with van der Waals surface area (Å²) in [5.74, 6) is 0. The zero-order valence-corrected chi connectivity index (χ0v) is 12.8. The van der Waals surface area contributed by atoms with Crippen LogP contribution in [-0.4, -0.2) is 80.8 Å². The van der Waals surface area contributed by atoms with Gasteiger partial charge < -0.3 is 14.4 Å². The lowest BCUT2D eigenvalue weighted by Crippen LogP contribution is -2.47. The lowest BCUT2D eigenvalue weighted by molar-refractivity contribution is -0.0391. The quantitative estimate of drug-likeness (QED) is 0.656. The zero-order chi connectivity index (χ0) is 12.7. The molecular formula is C12H25BrN2O2. The van der Waals surface area contributed by atoms with Gasteiger partial charge in [-0.1, -0.05) is 22.9 Å². The second-order valence-corrected chi connectivity index (χ2v) is 5.95. The van der Waals surface area contributed by atoms with E-state index in [9.17, 15) is 0 Å². The van der Waals surface area contributed by atoms with Crippen LogP contribution in [0.25, 0.3) is 0 Å². The molecule has 1 saturated heterocycles.